The third-order valence-electron chi connectivity index (χ3n) is 4.89. The zero-order valence-corrected chi connectivity index (χ0v) is 13.5. The fourth-order valence-corrected chi connectivity index (χ4v) is 3.60. The lowest BCUT2D eigenvalue weighted by atomic mass is 10.1. The molecule has 0 saturated carbocycles. The molecule has 2 amide bonds. The number of rotatable bonds is 4. The summed E-state index contributed by atoms with van der Waals surface area (Å²) in [7, 11) is 0. The van der Waals surface area contributed by atoms with Gasteiger partial charge in [-0.3, -0.25) is 10.00 Å². The number of aromatic amines is 1. The average Bonchev–Trinajstić information content (AvgIpc) is 3.25. The molecular weight excluding hydrogens is 280 g/mol. The molecule has 3 rings (SSSR count). The maximum Gasteiger partial charge on any atom is 0.318 e. The number of urea groups is 1. The molecule has 3 heterocycles. The molecule has 7 nitrogen and oxygen atoms in total. The van der Waals surface area contributed by atoms with Crippen LogP contribution in [0.2, 0.25) is 0 Å². The second kappa shape index (κ2) is 6.64. The van der Waals surface area contributed by atoms with E-state index in [-0.39, 0.29) is 12.1 Å². The van der Waals surface area contributed by atoms with Gasteiger partial charge in [-0.25, -0.2) is 9.78 Å². The van der Waals surface area contributed by atoms with Gasteiger partial charge in [0.1, 0.15) is 5.82 Å². The van der Waals surface area contributed by atoms with E-state index in [1.165, 1.54) is 25.9 Å². The first-order valence-corrected chi connectivity index (χ1v) is 8.37. The SMILES string of the molecule is CCc1n[nH]c(CNC(=O)N2CC[C@H](N3CCCC3)[C@H]2C)n1. The molecule has 22 heavy (non-hydrogen) atoms. The van der Waals surface area contributed by atoms with Gasteiger partial charge in [0.2, 0.25) is 0 Å². The minimum atomic E-state index is 0.00338. The summed E-state index contributed by atoms with van der Waals surface area (Å²) >= 11 is 0. The number of aryl methyl sites for hydroxylation is 1. The van der Waals surface area contributed by atoms with E-state index in [1.54, 1.807) is 0 Å². The molecule has 0 radical (unpaired) electrons. The molecule has 2 aliphatic heterocycles. The molecule has 2 N–H and O–H groups in total. The molecule has 0 unspecified atom stereocenters. The molecule has 0 aliphatic carbocycles. The number of hydrogen-bond acceptors (Lipinski definition) is 4. The Balaban J connectivity index is 1.51. The third kappa shape index (κ3) is 3.09. The number of nitrogens with one attached hydrogen (secondary N) is 2. The van der Waals surface area contributed by atoms with E-state index >= 15 is 0 Å². The minimum absolute atomic E-state index is 0.00338. The lowest BCUT2D eigenvalue weighted by molar-refractivity contribution is 0.168. The van der Waals surface area contributed by atoms with Crippen molar-refractivity contribution in [3.63, 3.8) is 0 Å². The number of carbonyl (C=O) groups excluding carboxylic acids is 1. The lowest BCUT2D eigenvalue weighted by Crippen LogP contribution is -2.47. The fourth-order valence-electron chi connectivity index (χ4n) is 3.60. The van der Waals surface area contributed by atoms with Crippen molar-refractivity contribution in [2.75, 3.05) is 19.6 Å². The summed E-state index contributed by atoms with van der Waals surface area (Å²) < 4.78 is 0. The van der Waals surface area contributed by atoms with Gasteiger partial charge in [0.15, 0.2) is 5.82 Å². The highest BCUT2D eigenvalue weighted by Gasteiger charge is 2.37. The van der Waals surface area contributed by atoms with Crippen LogP contribution < -0.4 is 5.32 Å². The molecule has 7 heteroatoms. The van der Waals surface area contributed by atoms with Gasteiger partial charge >= 0.3 is 6.03 Å². The first kappa shape index (κ1) is 15.3. The van der Waals surface area contributed by atoms with Crippen LogP contribution in [-0.2, 0) is 13.0 Å². The summed E-state index contributed by atoms with van der Waals surface area (Å²) in [4.78, 5) is 21.2. The van der Waals surface area contributed by atoms with Gasteiger partial charge in [-0.1, -0.05) is 6.92 Å². The van der Waals surface area contributed by atoms with Crippen molar-refractivity contribution in [2.24, 2.45) is 0 Å². The van der Waals surface area contributed by atoms with Crippen LogP contribution >= 0.6 is 0 Å². The largest absolute Gasteiger partial charge is 0.331 e. The van der Waals surface area contributed by atoms with Crippen molar-refractivity contribution < 1.29 is 4.79 Å². The van der Waals surface area contributed by atoms with Crippen LogP contribution in [0.4, 0.5) is 4.79 Å². The van der Waals surface area contributed by atoms with Crippen LogP contribution in [0, 0.1) is 0 Å². The van der Waals surface area contributed by atoms with Crippen LogP contribution in [0.5, 0.6) is 0 Å². The summed E-state index contributed by atoms with van der Waals surface area (Å²) in [6, 6.07) is 0.799. The van der Waals surface area contributed by atoms with E-state index < -0.39 is 0 Å². The van der Waals surface area contributed by atoms with Crippen molar-refractivity contribution in [2.45, 2.75) is 58.2 Å². The molecule has 2 saturated heterocycles. The highest BCUT2D eigenvalue weighted by Crippen LogP contribution is 2.25. The van der Waals surface area contributed by atoms with Gasteiger partial charge in [-0.2, -0.15) is 5.10 Å². The van der Waals surface area contributed by atoms with Crippen molar-refractivity contribution in [1.82, 2.24) is 30.3 Å². The van der Waals surface area contributed by atoms with Gasteiger partial charge in [0.25, 0.3) is 0 Å². The molecule has 2 aliphatic rings. The van der Waals surface area contributed by atoms with Crippen molar-refractivity contribution in [1.29, 1.82) is 0 Å². The molecule has 0 aromatic carbocycles. The standard InChI is InChI=1S/C15H26N6O/c1-3-13-17-14(19-18-13)10-16-15(22)21-9-6-12(11(21)2)20-7-4-5-8-20/h11-12H,3-10H2,1-2H3,(H,16,22)(H,17,18,19)/t11-,12+/m1/s1. The summed E-state index contributed by atoms with van der Waals surface area (Å²) in [6.07, 6.45) is 4.46. The summed E-state index contributed by atoms with van der Waals surface area (Å²) in [5.74, 6) is 1.50. The Morgan fingerprint density at radius 2 is 2.14 bits per heavy atom. The number of hydrogen-bond donors (Lipinski definition) is 2. The smallest absolute Gasteiger partial charge is 0.318 e. The van der Waals surface area contributed by atoms with Gasteiger partial charge in [0, 0.05) is 25.0 Å². The minimum Gasteiger partial charge on any atom is -0.331 e. The Morgan fingerprint density at radius 1 is 1.36 bits per heavy atom. The molecule has 122 valence electrons. The Morgan fingerprint density at radius 3 is 2.82 bits per heavy atom. The highest BCUT2D eigenvalue weighted by molar-refractivity contribution is 5.74. The van der Waals surface area contributed by atoms with Gasteiger partial charge in [0.05, 0.1) is 6.54 Å². The van der Waals surface area contributed by atoms with Gasteiger partial charge in [-0.05, 0) is 39.3 Å². The lowest BCUT2D eigenvalue weighted by Gasteiger charge is -2.30. The van der Waals surface area contributed by atoms with Crippen molar-refractivity contribution in [3.05, 3.63) is 11.6 Å². The molecule has 2 atom stereocenters. The number of amides is 2. The van der Waals surface area contributed by atoms with Gasteiger partial charge < -0.3 is 10.2 Å². The first-order valence-electron chi connectivity index (χ1n) is 8.37. The summed E-state index contributed by atoms with van der Waals surface area (Å²) in [5.41, 5.74) is 0. The molecule has 1 aromatic rings. The monoisotopic (exact) mass is 306 g/mol. The normalized spacial score (nSPS) is 25.8. The van der Waals surface area contributed by atoms with E-state index in [0.29, 0.717) is 18.4 Å². The molecular formula is C15H26N6O. The number of nitrogens with zero attached hydrogens (tertiary/aromatic N) is 4. The molecule has 0 bridgehead atoms. The Hall–Kier alpha value is -1.63. The van der Waals surface area contributed by atoms with Crippen LogP contribution in [0.1, 0.15) is 44.8 Å². The van der Waals surface area contributed by atoms with Crippen LogP contribution in [0.3, 0.4) is 0 Å². The van der Waals surface area contributed by atoms with E-state index in [9.17, 15) is 4.79 Å². The van der Waals surface area contributed by atoms with E-state index in [0.717, 1.165) is 25.2 Å². The highest BCUT2D eigenvalue weighted by atomic mass is 16.2. The van der Waals surface area contributed by atoms with Gasteiger partial charge in [-0.15, -0.1) is 0 Å². The number of aromatic nitrogens is 3. The average molecular weight is 306 g/mol. The molecule has 0 spiro atoms. The van der Waals surface area contributed by atoms with E-state index in [4.69, 9.17) is 0 Å². The van der Waals surface area contributed by atoms with E-state index in [2.05, 4.69) is 32.3 Å². The van der Waals surface area contributed by atoms with Crippen LogP contribution in [0.15, 0.2) is 0 Å². The number of likely N-dealkylation sites (tertiary alicyclic amines) is 2. The quantitative estimate of drug-likeness (QED) is 0.874. The fraction of sp³-hybridized carbons (Fsp3) is 0.800. The maximum atomic E-state index is 12.4. The maximum absolute atomic E-state index is 12.4. The van der Waals surface area contributed by atoms with Crippen LogP contribution in [0.25, 0.3) is 0 Å². The second-order valence-corrected chi connectivity index (χ2v) is 6.24. The first-order chi connectivity index (χ1) is 10.7. The van der Waals surface area contributed by atoms with E-state index in [1.807, 2.05) is 11.8 Å². The third-order valence-corrected chi connectivity index (χ3v) is 4.89. The molecule has 2 fully saturated rings. The van der Waals surface area contributed by atoms with Crippen molar-refractivity contribution in [3.8, 4) is 0 Å². The predicted octanol–water partition coefficient (Wildman–Crippen LogP) is 1.14. The number of H-pyrrole nitrogens is 1. The van der Waals surface area contributed by atoms with Crippen LogP contribution in [-0.4, -0.2) is 62.7 Å². The predicted molar refractivity (Wildman–Crippen MR) is 83.4 cm³/mol. The summed E-state index contributed by atoms with van der Waals surface area (Å²) in [6.45, 7) is 7.79. The van der Waals surface area contributed by atoms with Crippen molar-refractivity contribution >= 4 is 6.03 Å². The second-order valence-electron chi connectivity index (χ2n) is 6.24. The summed E-state index contributed by atoms with van der Waals surface area (Å²) in [5, 5.41) is 9.90. The topological polar surface area (TPSA) is 77.2 Å². The Labute approximate surface area is 131 Å². The number of carbonyl (C=O) groups is 1. The zero-order chi connectivity index (χ0) is 15.5. The Kier molecular flexibility index (Phi) is 4.61. The Bertz CT molecular complexity index is 510. The molecule has 1 aromatic heterocycles. The zero-order valence-electron chi connectivity index (χ0n) is 13.5.